The number of carbonyl (C=O) groups is 1. The van der Waals surface area contributed by atoms with Gasteiger partial charge in [0.25, 0.3) is 0 Å². The predicted octanol–water partition coefficient (Wildman–Crippen LogP) is 2.82. The van der Waals surface area contributed by atoms with Crippen LogP contribution in [0, 0.1) is 11.3 Å². The summed E-state index contributed by atoms with van der Waals surface area (Å²) in [6, 6.07) is 0.219. The van der Waals surface area contributed by atoms with E-state index in [0.717, 1.165) is 32.6 Å². The second kappa shape index (κ2) is 5.07. The lowest BCUT2D eigenvalue weighted by atomic mass is 9.80. The highest BCUT2D eigenvalue weighted by Gasteiger charge is 2.34. The minimum Gasteiger partial charge on any atom is -0.325 e. The van der Waals surface area contributed by atoms with Crippen molar-refractivity contribution in [1.82, 2.24) is 9.80 Å². The maximum atomic E-state index is 12.1. The molecule has 3 nitrogen and oxygen atoms in total. The highest BCUT2D eigenvalue weighted by atomic mass is 16.2. The van der Waals surface area contributed by atoms with Crippen LogP contribution in [0.2, 0.25) is 0 Å². The molecule has 0 aromatic heterocycles. The fourth-order valence-corrected chi connectivity index (χ4v) is 2.34. The smallest absolute Gasteiger partial charge is 0.319 e. The summed E-state index contributed by atoms with van der Waals surface area (Å²) in [5.74, 6) is 0.645. The van der Waals surface area contributed by atoms with E-state index in [2.05, 4.69) is 20.8 Å². The lowest BCUT2D eigenvalue weighted by Crippen LogP contribution is -2.42. The van der Waals surface area contributed by atoms with E-state index < -0.39 is 0 Å². The summed E-state index contributed by atoms with van der Waals surface area (Å²) in [6.45, 7) is 14.4. The molecule has 0 radical (unpaired) electrons. The van der Waals surface area contributed by atoms with E-state index in [1.165, 1.54) is 0 Å². The van der Waals surface area contributed by atoms with E-state index in [4.69, 9.17) is 0 Å². The van der Waals surface area contributed by atoms with E-state index in [9.17, 15) is 4.79 Å². The van der Waals surface area contributed by atoms with E-state index in [1.54, 1.807) is 0 Å². The molecule has 1 rings (SSSR count). The number of urea groups is 1. The van der Waals surface area contributed by atoms with Crippen LogP contribution in [0.15, 0.2) is 0 Å². The zero-order valence-electron chi connectivity index (χ0n) is 11.4. The molecule has 1 aliphatic heterocycles. The third-order valence-corrected chi connectivity index (χ3v) is 3.72. The summed E-state index contributed by atoms with van der Waals surface area (Å²) in [4.78, 5) is 16.1. The second-order valence-corrected chi connectivity index (χ2v) is 5.75. The Morgan fingerprint density at radius 2 is 1.88 bits per heavy atom. The van der Waals surface area contributed by atoms with Gasteiger partial charge in [-0.05, 0) is 31.6 Å². The van der Waals surface area contributed by atoms with Gasteiger partial charge in [-0.1, -0.05) is 20.8 Å². The van der Waals surface area contributed by atoms with Crippen LogP contribution in [0.25, 0.3) is 0 Å². The van der Waals surface area contributed by atoms with E-state index in [-0.39, 0.29) is 6.03 Å². The number of carbonyl (C=O) groups excluding carboxylic acids is 1. The topological polar surface area (TPSA) is 23.6 Å². The Morgan fingerprint density at radius 3 is 2.25 bits per heavy atom. The first-order valence-corrected chi connectivity index (χ1v) is 6.44. The predicted molar refractivity (Wildman–Crippen MR) is 67.5 cm³/mol. The van der Waals surface area contributed by atoms with Gasteiger partial charge in [-0.15, -0.1) is 0 Å². The molecule has 0 bridgehead atoms. The zero-order chi connectivity index (χ0) is 12.3. The van der Waals surface area contributed by atoms with Crippen molar-refractivity contribution in [2.75, 3.05) is 26.2 Å². The van der Waals surface area contributed by atoms with Gasteiger partial charge >= 0.3 is 6.03 Å². The van der Waals surface area contributed by atoms with Crippen molar-refractivity contribution in [2.24, 2.45) is 11.3 Å². The molecule has 0 aromatic carbocycles. The van der Waals surface area contributed by atoms with Crippen LogP contribution in [-0.4, -0.2) is 42.0 Å². The monoisotopic (exact) mass is 226 g/mol. The van der Waals surface area contributed by atoms with Gasteiger partial charge in [-0.25, -0.2) is 4.79 Å². The van der Waals surface area contributed by atoms with Crippen molar-refractivity contribution >= 4 is 6.03 Å². The van der Waals surface area contributed by atoms with Crippen LogP contribution in [0.3, 0.4) is 0 Å². The summed E-state index contributed by atoms with van der Waals surface area (Å²) in [5.41, 5.74) is 0.318. The third-order valence-electron chi connectivity index (χ3n) is 3.72. The highest BCUT2D eigenvalue weighted by Crippen LogP contribution is 2.33. The first kappa shape index (κ1) is 13.3. The molecule has 94 valence electrons. The molecule has 0 N–H and O–H groups in total. The van der Waals surface area contributed by atoms with Gasteiger partial charge in [0.1, 0.15) is 0 Å². The van der Waals surface area contributed by atoms with E-state index >= 15 is 0 Å². The lowest BCUT2D eigenvalue weighted by Gasteiger charge is -2.29. The summed E-state index contributed by atoms with van der Waals surface area (Å²) >= 11 is 0. The molecule has 16 heavy (non-hydrogen) atoms. The average Bonchev–Trinajstić information content (AvgIpc) is 2.67. The van der Waals surface area contributed by atoms with Gasteiger partial charge in [0.05, 0.1) is 0 Å². The molecule has 2 amide bonds. The molecule has 1 atom stereocenters. The molecule has 1 heterocycles. The van der Waals surface area contributed by atoms with Gasteiger partial charge < -0.3 is 9.80 Å². The number of rotatable bonds is 2. The lowest BCUT2D eigenvalue weighted by molar-refractivity contribution is 0.160. The molecule has 3 heteroatoms. The van der Waals surface area contributed by atoms with Crippen molar-refractivity contribution in [3.63, 3.8) is 0 Å². The van der Waals surface area contributed by atoms with Gasteiger partial charge in [0, 0.05) is 26.2 Å². The Balaban J connectivity index is 2.56. The Morgan fingerprint density at radius 1 is 1.31 bits per heavy atom. The average molecular weight is 226 g/mol. The summed E-state index contributed by atoms with van der Waals surface area (Å²) in [6.07, 6.45) is 1.15. The first-order valence-electron chi connectivity index (χ1n) is 6.44. The number of amides is 2. The molecular formula is C13H26N2O. The molecule has 1 saturated heterocycles. The number of hydrogen-bond acceptors (Lipinski definition) is 1. The summed E-state index contributed by atoms with van der Waals surface area (Å²) in [5, 5.41) is 0. The highest BCUT2D eigenvalue weighted by molar-refractivity contribution is 5.74. The van der Waals surface area contributed by atoms with Gasteiger partial charge in [0.2, 0.25) is 0 Å². The molecule has 0 saturated carbocycles. The zero-order valence-corrected chi connectivity index (χ0v) is 11.4. The standard InChI is InChI=1S/C13H26N2O/c1-6-14(7-2)12(16)15-9-8-11(10-15)13(3,4)5/h11H,6-10H2,1-5H3. The van der Waals surface area contributed by atoms with Crippen LogP contribution in [-0.2, 0) is 0 Å². The molecule has 0 spiro atoms. The molecule has 1 fully saturated rings. The normalized spacial score (nSPS) is 21.3. The quantitative estimate of drug-likeness (QED) is 0.710. The van der Waals surface area contributed by atoms with Crippen LogP contribution in [0.4, 0.5) is 4.79 Å². The Labute approximate surface area is 99.8 Å². The Bertz CT molecular complexity index is 241. The van der Waals surface area contributed by atoms with E-state index in [0.29, 0.717) is 11.3 Å². The molecule has 0 aromatic rings. The molecule has 1 aliphatic rings. The fraction of sp³-hybridized carbons (Fsp3) is 0.923. The second-order valence-electron chi connectivity index (χ2n) is 5.75. The summed E-state index contributed by atoms with van der Waals surface area (Å²) < 4.78 is 0. The summed E-state index contributed by atoms with van der Waals surface area (Å²) in [7, 11) is 0. The van der Waals surface area contributed by atoms with Crippen molar-refractivity contribution in [1.29, 1.82) is 0 Å². The SMILES string of the molecule is CCN(CC)C(=O)N1CCC(C(C)(C)C)C1. The number of likely N-dealkylation sites (tertiary alicyclic amines) is 1. The number of hydrogen-bond donors (Lipinski definition) is 0. The van der Waals surface area contributed by atoms with Crippen molar-refractivity contribution < 1.29 is 4.79 Å². The Kier molecular flexibility index (Phi) is 4.22. The molecule has 0 aliphatic carbocycles. The third kappa shape index (κ3) is 2.89. The molecule has 1 unspecified atom stereocenters. The van der Waals surface area contributed by atoms with Crippen molar-refractivity contribution in [2.45, 2.75) is 41.0 Å². The maximum Gasteiger partial charge on any atom is 0.319 e. The van der Waals surface area contributed by atoms with Crippen LogP contribution in [0.5, 0.6) is 0 Å². The van der Waals surface area contributed by atoms with Crippen molar-refractivity contribution in [3.05, 3.63) is 0 Å². The van der Waals surface area contributed by atoms with Crippen LogP contribution < -0.4 is 0 Å². The maximum absolute atomic E-state index is 12.1. The van der Waals surface area contributed by atoms with Crippen LogP contribution >= 0.6 is 0 Å². The van der Waals surface area contributed by atoms with E-state index in [1.807, 2.05) is 23.6 Å². The van der Waals surface area contributed by atoms with Crippen molar-refractivity contribution in [3.8, 4) is 0 Å². The van der Waals surface area contributed by atoms with Crippen LogP contribution in [0.1, 0.15) is 41.0 Å². The minimum absolute atomic E-state index is 0.219. The minimum atomic E-state index is 0.219. The first-order chi connectivity index (χ1) is 7.40. The Hall–Kier alpha value is -0.730. The molecular weight excluding hydrogens is 200 g/mol. The van der Waals surface area contributed by atoms with Gasteiger partial charge in [0.15, 0.2) is 0 Å². The van der Waals surface area contributed by atoms with Gasteiger partial charge in [-0.2, -0.15) is 0 Å². The van der Waals surface area contributed by atoms with Gasteiger partial charge in [-0.3, -0.25) is 0 Å². The largest absolute Gasteiger partial charge is 0.325 e. The number of nitrogens with zero attached hydrogens (tertiary/aromatic N) is 2. The fourth-order valence-electron chi connectivity index (χ4n) is 2.34.